The second-order valence-corrected chi connectivity index (χ2v) is 9.18. The zero-order chi connectivity index (χ0) is 23.8. The number of nitrogens with one attached hydrogen (secondary N) is 1. The number of ether oxygens (including phenoxy) is 1. The van der Waals surface area contributed by atoms with Crippen LogP contribution in [0.1, 0.15) is 25.8 Å². The molecule has 1 N–H and O–H groups in total. The van der Waals surface area contributed by atoms with E-state index in [9.17, 15) is 9.59 Å². The summed E-state index contributed by atoms with van der Waals surface area (Å²) in [7, 11) is 0. The lowest BCUT2D eigenvalue weighted by Crippen LogP contribution is -2.48. The van der Waals surface area contributed by atoms with E-state index < -0.39 is 0 Å². The quantitative estimate of drug-likeness (QED) is 0.626. The molecule has 0 saturated carbocycles. The number of carbonyl (C=O) groups excluding carboxylic acids is 2. The first-order valence-electron chi connectivity index (χ1n) is 11.8. The summed E-state index contributed by atoms with van der Waals surface area (Å²) in [4.78, 5) is 32.3. The lowest BCUT2D eigenvalue weighted by atomic mass is 10.0. The second-order valence-electron chi connectivity index (χ2n) is 9.18. The summed E-state index contributed by atoms with van der Waals surface area (Å²) >= 11 is 0. The minimum Gasteiger partial charge on any atom is -0.473 e. The average molecular weight is 463 g/mol. The van der Waals surface area contributed by atoms with Crippen LogP contribution in [0, 0.1) is 12.8 Å². The van der Waals surface area contributed by atoms with E-state index >= 15 is 0 Å². The first kappa shape index (κ1) is 22.2. The van der Waals surface area contributed by atoms with Crippen molar-refractivity contribution in [3.05, 3.63) is 42.2 Å². The van der Waals surface area contributed by atoms with Gasteiger partial charge in [0.05, 0.1) is 18.1 Å². The molecular formula is C25H30N6O3. The lowest BCUT2D eigenvalue weighted by Gasteiger charge is -2.35. The summed E-state index contributed by atoms with van der Waals surface area (Å²) in [5, 5.41) is 7.36. The zero-order valence-corrected chi connectivity index (χ0v) is 19.8. The van der Waals surface area contributed by atoms with Crippen LogP contribution in [-0.2, 0) is 9.59 Å². The van der Waals surface area contributed by atoms with Crippen molar-refractivity contribution in [3.8, 4) is 17.1 Å². The normalized spacial score (nSPS) is 19.4. The fraction of sp³-hybridized carbons (Fsp3) is 0.440. The Morgan fingerprint density at radius 2 is 1.91 bits per heavy atom. The predicted molar refractivity (Wildman–Crippen MR) is 129 cm³/mol. The van der Waals surface area contributed by atoms with Crippen molar-refractivity contribution in [2.45, 2.75) is 33.3 Å². The number of aromatic nitrogens is 3. The fourth-order valence-electron chi connectivity index (χ4n) is 4.70. The molecule has 2 aliphatic heterocycles. The molecule has 3 aromatic rings. The van der Waals surface area contributed by atoms with E-state index in [0.29, 0.717) is 18.8 Å². The van der Waals surface area contributed by atoms with Crippen molar-refractivity contribution < 1.29 is 14.3 Å². The van der Waals surface area contributed by atoms with Crippen molar-refractivity contribution in [2.75, 3.05) is 37.6 Å². The summed E-state index contributed by atoms with van der Waals surface area (Å²) in [5.41, 5.74) is 4.70. The number of nitrogens with zero attached hydrogens (tertiary/aromatic N) is 5. The molecule has 4 heterocycles. The van der Waals surface area contributed by atoms with Gasteiger partial charge in [0.1, 0.15) is 11.6 Å². The first-order chi connectivity index (χ1) is 16.4. The second kappa shape index (κ2) is 8.96. The van der Waals surface area contributed by atoms with Gasteiger partial charge in [-0.2, -0.15) is 5.10 Å². The Hall–Kier alpha value is -3.62. The Morgan fingerprint density at radius 1 is 1.18 bits per heavy atom. The van der Waals surface area contributed by atoms with Crippen LogP contribution in [0.3, 0.4) is 0 Å². The van der Waals surface area contributed by atoms with Crippen LogP contribution < -0.4 is 15.0 Å². The summed E-state index contributed by atoms with van der Waals surface area (Å²) in [5.74, 6) is 0.844. The molecule has 0 radical (unpaired) electrons. The van der Waals surface area contributed by atoms with Gasteiger partial charge in [-0.1, -0.05) is 12.1 Å². The number of piperazine rings is 1. The van der Waals surface area contributed by atoms with Gasteiger partial charge >= 0.3 is 0 Å². The largest absolute Gasteiger partial charge is 0.473 e. The standard InChI is InChI=1S/C25H30N6O3/c1-16-13-27-31-15-22(28-25(24(16)31)34-17(2)20-12-23(33)26-14-20)19-4-6-21(7-5-19)30-10-8-29(9-11-30)18(3)32/h4-7,13,15,17,20H,8-12,14H2,1-3H3,(H,26,33). The van der Waals surface area contributed by atoms with E-state index in [-0.39, 0.29) is 23.8 Å². The van der Waals surface area contributed by atoms with Crippen LogP contribution in [-0.4, -0.2) is 70.1 Å². The lowest BCUT2D eigenvalue weighted by molar-refractivity contribution is -0.129. The third-order valence-electron chi connectivity index (χ3n) is 6.87. The predicted octanol–water partition coefficient (Wildman–Crippen LogP) is 2.28. The number of benzene rings is 1. The molecule has 0 bridgehead atoms. The first-order valence-corrected chi connectivity index (χ1v) is 11.8. The number of anilines is 1. The highest BCUT2D eigenvalue weighted by Gasteiger charge is 2.29. The third-order valence-corrected chi connectivity index (χ3v) is 6.87. The molecule has 2 atom stereocenters. The SMILES string of the molecule is CC(=O)N1CCN(c2ccc(-c3cn4ncc(C)c4c(OC(C)C4CNC(=O)C4)n3)cc2)CC1. The van der Waals surface area contributed by atoms with Crippen LogP contribution >= 0.6 is 0 Å². The van der Waals surface area contributed by atoms with Gasteiger partial charge in [0.15, 0.2) is 0 Å². The molecular weight excluding hydrogens is 432 g/mol. The van der Waals surface area contributed by atoms with Gasteiger partial charge in [0.2, 0.25) is 17.7 Å². The topological polar surface area (TPSA) is 92.1 Å². The number of hydrogen-bond acceptors (Lipinski definition) is 6. The Bertz CT molecular complexity index is 1210. The van der Waals surface area contributed by atoms with Crippen LogP contribution in [0.15, 0.2) is 36.7 Å². The maximum absolute atomic E-state index is 11.6. The van der Waals surface area contributed by atoms with Gasteiger partial charge < -0.3 is 19.9 Å². The van der Waals surface area contributed by atoms with Gasteiger partial charge in [-0.25, -0.2) is 9.50 Å². The molecule has 34 heavy (non-hydrogen) atoms. The maximum Gasteiger partial charge on any atom is 0.241 e. The van der Waals surface area contributed by atoms with Crippen LogP contribution in [0.5, 0.6) is 5.88 Å². The molecule has 178 valence electrons. The summed E-state index contributed by atoms with van der Waals surface area (Å²) in [6.07, 6.45) is 4.04. The summed E-state index contributed by atoms with van der Waals surface area (Å²) in [6.45, 7) is 9.36. The molecule has 2 aliphatic rings. The molecule has 1 aromatic carbocycles. The van der Waals surface area contributed by atoms with Gasteiger partial charge in [-0.15, -0.1) is 0 Å². The smallest absolute Gasteiger partial charge is 0.241 e. The van der Waals surface area contributed by atoms with E-state index in [1.165, 1.54) is 0 Å². The van der Waals surface area contributed by atoms with E-state index in [1.807, 2.05) is 35.7 Å². The molecule has 5 rings (SSSR count). The molecule has 2 unspecified atom stereocenters. The number of aryl methyl sites for hydroxylation is 1. The van der Waals surface area contributed by atoms with Gasteiger partial charge in [0.25, 0.3) is 0 Å². The number of carbonyl (C=O) groups is 2. The number of rotatable bonds is 5. The molecule has 2 saturated heterocycles. The van der Waals surface area contributed by atoms with Gasteiger partial charge in [-0.3, -0.25) is 9.59 Å². The van der Waals surface area contributed by atoms with E-state index in [2.05, 4.69) is 39.6 Å². The highest BCUT2D eigenvalue weighted by atomic mass is 16.5. The molecule has 0 aliphatic carbocycles. The van der Waals surface area contributed by atoms with Gasteiger partial charge in [-0.05, 0) is 26.0 Å². The Morgan fingerprint density at radius 3 is 2.56 bits per heavy atom. The maximum atomic E-state index is 11.6. The average Bonchev–Trinajstić information content (AvgIpc) is 3.45. The monoisotopic (exact) mass is 462 g/mol. The van der Waals surface area contributed by atoms with Crippen LogP contribution in [0.4, 0.5) is 5.69 Å². The zero-order valence-electron chi connectivity index (χ0n) is 19.8. The minimum atomic E-state index is -0.157. The van der Waals surface area contributed by atoms with Crippen molar-refractivity contribution in [1.29, 1.82) is 0 Å². The number of amides is 2. The molecule has 2 amide bonds. The van der Waals surface area contributed by atoms with E-state index in [0.717, 1.165) is 54.2 Å². The highest BCUT2D eigenvalue weighted by molar-refractivity contribution is 5.78. The molecule has 9 heteroatoms. The molecule has 2 fully saturated rings. The Kier molecular flexibility index (Phi) is 5.85. The Balaban J connectivity index is 1.38. The Labute approximate surface area is 198 Å². The third kappa shape index (κ3) is 4.30. The van der Waals surface area contributed by atoms with Crippen molar-refractivity contribution >= 4 is 23.0 Å². The van der Waals surface area contributed by atoms with Crippen LogP contribution in [0.25, 0.3) is 16.8 Å². The number of fused-ring (bicyclic) bond motifs is 1. The summed E-state index contributed by atoms with van der Waals surface area (Å²) in [6, 6.07) is 8.31. The van der Waals surface area contributed by atoms with E-state index in [4.69, 9.17) is 9.72 Å². The molecule has 0 spiro atoms. The van der Waals surface area contributed by atoms with Crippen molar-refractivity contribution in [3.63, 3.8) is 0 Å². The van der Waals surface area contributed by atoms with Crippen LogP contribution in [0.2, 0.25) is 0 Å². The van der Waals surface area contributed by atoms with E-state index in [1.54, 1.807) is 6.92 Å². The molecule has 2 aromatic heterocycles. The fourth-order valence-corrected chi connectivity index (χ4v) is 4.70. The van der Waals surface area contributed by atoms with Gasteiger partial charge in [0, 0.05) is 68.8 Å². The number of hydrogen-bond donors (Lipinski definition) is 1. The van der Waals surface area contributed by atoms with Crippen molar-refractivity contribution in [2.24, 2.45) is 5.92 Å². The highest BCUT2D eigenvalue weighted by Crippen LogP contribution is 2.30. The van der Waals surface area contributed by atoms with Crippen molar-refractivity contribution in [1.82, 2.24) is 24.8 Å². The minimum absolute atomic E-state index is 0.0654. The summed E-state index contributed by atoms with van der Waals surface area (Å²) < 4.78 is 8.12. The molecule has 9 nitrogen and oxygen atoms in total.